The van der Waals surface area contributed by atoms with Crippen molar-refractivity contribution in [2.45, 2.75) is 12.8 Å². The van der Waals surface area contributed by atoms with Gasteiger partial charge < -0.3 is 26.0 Å². The molecule has 138 valence electrons. The molecule has 1 aromatic rings. The topological polar surface area (TPSA) is 93.7 Å². The third-order valence-corrected chi connectivity index (χ3v) is 4.61. The van der Waals surface area contributed by atoms with Crippen molar-refractivity contribution >= 4 is 29.2 Å². The van der Waals surface area contributed by atoms with Crippen LogP contribution >= 0.6 is 11.6 Å². The number of benzene rings is 1. The number of anilines is 1. The second-order valence-corrected chi connectivity index (χ2v) is 6.55. The minimum absolute atomic E-state index is 0.213. The van der Waals surface area contributed by atoms with Crippen LogP contribution in [0.25, 0.3) is 0 Å². The van der Waals surface area contributed by atoms with Crippen LogP contribution in [0.4, 0.5) is 10.5 Å². The van der Waals surface area contributed by atoms with Crippen molar-refractivity contribution in [3.8, 4) is 0 Å². The quantitative estimate of drug-likeness (QED) is 0.612. The molecule has 1 heterocycles. The van der Waals surface area contributed by atoms with Crippen molar-refractivity contribution in [1.29, 1.82) is 0 Å². The molecule has 3 amide bonds. The van der Waals surface area contributed by atoms with Gasteiger partial charge in [0.2, 0.25) is 0 Å². The van der Waals surface area contributed by atoms with Gasteiger partial charge >= 0.3 is 6.03 Å². The van der Waals surface area contributed by atoms with Crippen LogP contribution < -0.4 is 16.0 Å². The molecule has 7 nitrogen and oxygen atoms in total. The van der Waals surface area contributed by atoms with Gasteiger partial charge in [-0.3, -0.25) is 4.79 Å². The lowest BCUT2D eigenvalue weighted by atomic mass is 9.99. The Labute approximate surface area is 152 Å². The molecule has 1 aliphatic rings. The Morgan fingerprint density at radius 2 is 2.20 bits per heavy atom. The maximum absolute atomic E-state index is 12.0. The van der Waals surface area contributed by atoms with Crippen molar-refractivity contribution in [2.75, 3.05) is 45.2 Å². The maximum Gasteiger partial charge on any atom is 0.319 e. The first-order valence-corrected chi connectivity index (χ1v) is 8.81. The number of piperidine rings is 1. The summed E-state index contributed by atoms with van der Waals surface area (Å²) in [6, 6.07) is 4.34. The number of carbonyl (C=O) groups excluding carboxylic acids is 2. The lowest BCUT2D eigenvalue weighted by Crippen LogP contribution is -2.42. The van der Waals surface area contributed by atoms with Gasteiger partial charge in [-0.2, -0.15) is 0 Å². The van der Waals surface area contributed by atoms with Crippen molar-refractivity contribution in [1.82, 2.24) is 15.5 Å². The Balaban J connectivity index is 1.81. The number of likely N-dealkylation sites (tertiary alicyclic amines) is 1. The van der Waals surface area contributed by atoms with Crippen LogP contribution in [-0.2, 0) is 0 Å². The minimum atomic E-state index is -0.369. The lowest BCUT2D eigenvalue weighted by Gasteiger charge is -2.31. The number of amides is 3. The van der Waals surface area contributed by atoms with E-state index in [2.05, 4.69) is 20.9 Å². The fraction of sp³-hybridized carbons (Fsp3) is 0.529. The number of halogens is 1. The van der Waals surface area contributed by atoms with Crippen LogP contribution in [0.5, 0.6) is 0 Å². The normalized spacial score (nSPS) is 17.8. The molecule has 1 aromatic carbocycles. The molecule has 1 fully saturated rings. The molecule has 0 bridgehead atoms. The fourth-order valence-electron chi connectivity index (χ4n) is 2.90. The molecule has 0 aromatic heterocycles. The molecule has 25 heavy (non-hydrogen) atoms. The van der Waals surface area contributed by atoms with Crippen LogP contribution in [0.3, 0.4) is 0 Å². The maximum atomic E-state index is 12.0. The molecule has 0 saturated carbocycles. The van der Waals surface area contributed by atoms with E-state index < -0.39 is 0 Å². The summed E-state index contributed by atoms with van der Waals surface area (Å²) in [5, 5.41) is 17.6. The zero-order chi connectivity index (χ0) is 18.2. The average molecular weight is 369 g/mol. The van der Waals surface area contributed by atoms with Gasteiger partial charge in [-0.15, -0.1) is 0 Å². The Morgan fingerprint density at radius 1 is 1.40 bits per heavy atom. The third-order valence-electron chi connectivity index (χ3n) is 4.28. The molecule has 0 aliphatic carbocycles. The number of nitrogens with zero attached hydrogens (tertiary/aromatic N) is 1. The highest BCUT2D eigenvalue weighted by Gasteiger charge is 2.18. The molecule has 1 aliphatic heterocycles. The minimum Gasteiger partial charge on any atom is -0.396 e. The number of carbonyl (C=O) groups is 2. The second-order valence-electron chi connectivity index (χ2n) is 6.15. The Morgan fingerprint density at radius 3 is 2.92 bits per heavy atom. The number of nitrogens with one attached hydrogen (secondary N) is 3. The summed E-state index contributed by atoms with van der Waals surface area (Å²) in [5.41, 5.74) is 0.809. The van der Waals surface area contributed by atoms with Crippen LogP contribution in [0.2, 0.25) is 5.02 Å². The molecule has 0 radical (unpaired) electrons. The number of urea groups is 1. The van der Waals surface area contributed by atoms with Crippen molar-refractivity contribution < 1.29 is 14.7 Å². The van der Waals surface area contributed by atoms with Gasteiger partial charge in [0.05, 0.1) is 10.7 Å². The smallest absolute Gasteiger partial charge is 0.319 e. The Hall–Kier alpha value is -1.83. The predicted octanol–water partition coefficient (Wildman–Crippen LogP) is 1.53. The summed E-state index contributed by atoms with van der Waals surface area (Å²) in [6.45, 7) is 3.29. The van der Waals surface area contributed by atoms with E-state index in [9.17, 15) is 14.7 Å². The molecular weight excluding hydrogens is 344 g/mol. The van der Waals surface area contributed by atoms with E-state index in [0.717, 1.165) is 32.5 Å². The highest BCUT2D eigenvalue weighted by Crippen LogP contribution is 2.23. The number of hydrogen-bond acceptors (Lipinski definition) is 4. The van der Waals surface area contributed by atoms with Crippen molar-refractivity contribution in [3.05, 3.63) is 28.8 Å². The first-order chi connectivity index (χ1) is 12.0. The molecule has 1 saturated heterocycles. The van der Waals surface area contributed by atoms with E-state index in [1.807, 2.05) is 0 Å². The van der Waals surface area contributed by atoms with Crippen LogP contribution in [0, 0.1) is 5.92 Å². The van der Waals surface area contributed by atoms with Crippen LogP contribution in [-0.4, -0.2) is 61.8 Å². The van der Waals surface area contributed by atoms with E-state index in [1.165, 1.54) is 6.07 Å². The third kappa shape index (κ3) is 5.88. The number of aliphatic hydroxyl groups is 1. The van der Waals surface area contributed by atoms with E-state index in [-0.39, 0.29) is 18.5 Å². The molecule has 1 atom stereocenters. The van der Waals surface area contributed by atoms with Crippen molar-refractivity contribution in [2.24, 2.45) is 5.92 Å². The fourth-order valence-corrected chi connectivity index (χ4v) is 3.07. The average Bonchev–Trinajstić information content (AvgIpc) is 2.63. The van der Waals surface area contributed by atoms with Crippen LogP contribution in [0.1, 0.15) is 23.2 Å². The van der Waals surface area contributed by atoms with Gasteiger partial charge in [0.1, 0.15) is 0 Å². The van der Waals surface area contributed by atoms with Gasteiger partial charge in [-0.05, 0) is 43.5 Å². The standard InChI is InChI=1S/C17H25ClN4O3/c1-19-16(24)13-4-5-14(18)15(9-13)21-17(25)20-6-8-22-7-2-3-12(10-22)11-23/h4-5,9,12,23H,2-3,6-8,10-11H2,1H3,(H,19,24)(H2,20,21,25)/t12-/m1/s1. The van der Waals surface area contributed by atoms with Gasteiger partial charge in [-0.1, -0.05) is 11.6 Å². The van der Waals surface area contributed by atoms with E-state index in [0.29, 0.717) is 28.7 Å². The summed E-state index contributed by atoms with van der Waals surface area (Å²) < 4.78 is 0. The van der Waals surface area contributed by atoms with Gasteiger partial charge in [0.15, 0.2) is 0 Å². The second kappa shape index (κ2) is 9.60. The Bertz CT molecular complexity index is 612. The van der Waals surface area contributed by atoms with E-state index in [4.69, 9.17) is 11.6 Å². The van der Waals surface area contributed by atoms with Crippen LogP contribution in [0.15, 0.2) is 18.2 Å². The summed E-state index contributed by atoms with van der Waals surface area (Å²) in [5.74, 6) is 0.0810. The zero-order valence-electron chi connectivity index (χ0n) is 14.3. The van der Waals surface area contributed by atoms with E-state index >= 15 is 0 Å². The zero-order valence-corrected chi connectivity index (χ0v) is 15.1. The Kier molecular flexibility index (Phi) is 7.49. The van der Waals surface area contributed by atoms with E-state index in [1.54, 1.807) is 19.2 Å². The summed E-state index contributed by atoms with van der Waals surface area (Å²) in [7, 11) is 1.54. The van der Waals surface area contributed by atoms with Gasteiger partial charge in [0, 0.05) is 38.9 Å². The highest BCUT2D eigenvalue weighted by atomic mass is 35.5. The number of rotatable bonds is 6. The molecule has 0 unspecified atom stereocenters. The largest absolute Gasteiger partial charge is 0.396 e. The number of hydrogen-bond donors (Lipinski definition) is 4. The summed E-state index contributed by atoms with van der Waals surface area (Å²) in [6.07, 6.45) is 2.13. The molecular formula is C17H25ClN4O3. The predicted molar refractivity (Wildman–Crippen MR) is 98.1 cm³/mol. The molecule has 2 rings (SSSR count). The van der Waals surface area contributed by atoms with Gasteiger partial charge in [0.25, 0.3) is 5.91 Å². The molecule has 4 N–H and O–H groups in total. The molecule has 0 spiro atoms. The highest BCUT2D eigenvalue weighted by molar-refractivity contribution is 6.33. The number of aliphatic hydroxyl groups excluding tert-OH is 1. The summed E-state index contributed by atoms with van der Waals surface area (Å²) >= 11 is 6.07. The van der Waals surface area contributed by atoms with Crippen molar-refractivity contribution in [3.63, 3.8) is 0 Å². The first kappa shape index (κ1) is 19.5. The molecule has 8 heteroatoms. The monoisotopic (exact) mass is 368 g/mol. The SMILES string of the molecule is CNC(=O)c1ccc(Cl)c(NC(=O)NCCN2CCC[C@@H](CO)C2)c1. The van der Waals surface area contributed by atoms with Gasteiger partial charge in [-0.25, -0.2) is 4.79 Å². The summed E-state index contributed by atoms with van der Waals surface area (Å²) in [4.78, 5) is 25.9. The lowest BCUT2D eigenvalue weighted by molar-refractivity contribution is 0.0963. The first-order valence-electron chi connectivity index (χ1n) is 8.43.